The molecule has 0 aromatic heterocycles. The number of benzene rings is 1. The topological polar surface area (TPSA) is 105 Å². The lowest BCUT2D eigenvalue weighted by molar-refractivity contribution is -0.143. The SMILES string of the molecule is O=C(NCCNC(=O)C1CC=C(C2CC2)S1)c1ccc(OC2CCC(C(=O)O)CC2)cc1F. The molecule has 2 amide bonds. The molecule has 1 heterocycles. The summed E-state index contributed by atoms with van der Waals surface area (Å²) in [5.41, 5.74) is -0.0899. The van der Waals surface area contributed by atoms with Crippen LogP contribution in [0.1, 0.15) is 55.3 Å². The van der Waals surface area contributed by atoms with E-state index in [4.69, 9.17) is 9.84 Å². The van der Waals surface area contributed by atoms with Gasteiger partial charge < -0.3 is 20.5 Å². The van der Waals surface area contributed by atoms with Gasteiger partial charge in [-0.2, -0.15) is 0 Å². The molecular formula is C24H29FN2O5S. The van der Waals surface area contributed by atoms with E-state index >= 15 is 0 Å². The fraction of sp³-hybridized carbons (Fsp3) is 0.542. The summed E-state index contributed by atoms with van der Waals surface area (Å²) in [6, 6.07) is 4.11. The van der Waals surface area contributed by atoms with Crippen LogP contribution in [0, 0.1) is 17.7 Å². The highest BCUT2D eigenvalue weighted by molar-refractivity contribution is 8.04. The molecule has 9 heteroatoms. The van der Waals surface area contributed by atoms with Gasteiger partial charge in [0.1, 0.15) is 11.6 Å². The Hall–Kier alpha value is -2.55. The van der Waals surface area contributed by atoms with Gasteiger partial charge in [-0.25, -0.2) is 4.39 Å². The van der Waals surface area contributed by atoms with Gasteiger partial charge in [-0.1, -0.05) is 6.08 Å². The number of aliphatic carboxylic acids is 1. The van der Waals surface area contributed by atoms with Crippen LogP contribution in [0.4, 0.5) is 4.39 Å². The molecule has 33 heavy (non-hydrogen) atoms. The highest BCUT2D eigenvalue weighted by Crippen LogP contribution is 2.47. The van der Waals surface area contributed by atoms with Gasteiger partial charge in [-0.15, -0.1) is 11.8 Å². The zero-order chi connectivity index (χ0) is 23.4. The molecular weight excluding hydrogens is 447 g/mol. The second-order valence-electron chi connectivity index (χ2n) is 8.84. The van der Waals surface area contributed by atoms with Crippen molar-refractivity contribution in [3.63, 3.8) is 0 Å². The molecule has 178 valence electrons. The molecule has 1 unspecified atom stereocenters. The van der Waals surface area contributed by atoms with Gasteiger partial charge in [0.2, 0.25) is 5.91 Å². The molecule has 3 aliphatic rings. The Morgan fingerprint density at radius 3 is 2.45 bits per heavy atom. The summed E-state index contributed by atoms with van der Waals surface area (Å²) in [7, 11) is 0. The molecule has 4 rings (SSSR count). The van der Waals surface area contributed by atoms with Gasteiger partial charge in [-0.05, 0) is 67.9 Å². The second-order valence-corrected chi connectivity index (χ2v) is 10.1. The number of carboxylic acid groups (broad SMARTS) is 1. The lowest BCUT2D eigenvalue weighted by Gasteiger charge is -2.26. The van der Waals surface area contributed by atoms with Crippen LogP contribution < -0.4 is 15.4 Å². The van der Waals surface area contributed by atoms with Crippen LogP contribution >= 0.6 is 11.8 Å². The molecule has 2 fully saturated rings. The summed E-state index contributed by atoms with van der Waals surface area (Å²) in [5, 5.41) is 14.4. The minimum Gasteiger partial charge on any atom is -0.490 e. The summed E-state index contributed by atoms with van der Waals surface area (Å²) in [5.74, 6) is -1.42. The minimum absolute atomic E-state index is 0.0359. The number of nitrogens with one attached hydrogen (secondary N) is 2. The molecule has 3 N–H and O–H groups in total. The number of rotatable bonds is 9. The van der Waals surface area contributed by atoms with E-state index in [1.807, 2.05) is 0 Å². The summed E-state index contributed by atoms with van der Waals surface area (Å²) < 4.78 is 20.3. The predicted molar refractivity (Wildman–Crippen MR) is 123 cm³/mol. The largest absolute Gasteiger partial charge is 0.490 e. The van der Waals surface area contributed by atoms with Crippen LogP contribution in [0.3, 0.4) is 0 Å². The van der Waals surface area contributed by atoms with Crippen LogP contribution in [0.15, 0.2) is 29.2 Å². The number of carbonyl (C=O) groups is 3. The molecule has 2 saturated carbocycles. The molecule has 2 aliphatic carbocycles. The van der Waals surface area contributed by atoms with Crippen molar-refractivity contribution >= 4 is 29.5 Å². The first-order valence-electron chi connectivity index (χ1n) is 11.5. The maximum atomic E-state index is 14.5. The molecule has 0 radical (unpaired) electrons. The van der Waals surface area contributed by atoms with Crippen molar-refractivity contribution in [3.05, 3.63) is 40.6 Å². The Morgan fingerprint density at radius 1 is 1.06 bits per heavy atom. The first-order valence-corrected chi connectivity index (χ1v) is 12.4. The van der Waals surface area contributed by atoms with Crippen molar-refractivity contribution in [2.75, 3.05) is 13.1 Å². The number of carbonyl (C=O) groups excluding carboxylic acids is 2. The van der Waals surface area contributed by atoms with Gasteiger partial charge in [0.15, 0.2) is 0 Å². The monoisotopic (exact) mass is 476 g/mol. The van der Waals surface area contributed by atoms with E-state index in [2.05, 4.69) is 16.7 Å². The Balaban J connectivity index is 1.17. The van der Waals surface area contributed by atoms with Crippen molar-refractivity contribution in [2.45, 2.75) is 56.3 Å². The maximum Gasteiger partial charge on any atom is 0.306 e. The summed E-state index contributed by atoms with van der Waals surface area (Å²) in [6.45, 7) is 0.484. The average molecular weight is 477 g/mol. The van der Waals surface area contributed by atoms with Gasteiger partial charge >= 0.3 is 5.97 Å². The van der Waals surface area contributed by atoms with Crippen molar-refractivity contribution in [1.82, 2.24) is 10.6 Å². The van der Waals surface area contributed by atoms with E-state index in [9.17, 15) is 18.8 Å². The zero-order valence-electron chi connectivity index (χ0n) is 18.3. The molecule has 0 spiro atoms. The third kappa shape index (κ3) is 6.28. The number of carboxylic acids is 1. The number of hydrogen-bond donors (Lipinski definition) is 3. The third-order valence-corrected chi connectivity index (χ3v) is 7.77. The zero-order valence-corrected chi connectivity index (χ0v) is 19.2. The van der Waals surface area contributed by atoms with Crippen molar-refractivity contribution in [3.8, 4) is 5.75 Å². The highest BCUT2D eigenvalue weighted by atomic mass is 32.2. The Morgan fingerprint density at radius 2 is 1.79 bits per heavy atom. The van der Waals surface area contributed by atoms with Crippen LogP contribution in [0.25, 0.3) is 0 Å². The standard InChI is InChI=1S/C24H29FN2O5S/c25-19-13-17(32-16-5-3-15(4-6-16)24(30)31)7-8-18(19)22(28)26-11-12-27-23(29)21-10-9-20(33-21)14-1-2-14/h7-9,13-16,21H,1-6,10-12H2,(H,26,28)(H,27,29)(H,30,31). The molecule has 1 aromatic rings. The molecule has 0 saturated heterocycles. The number of amides is 2. The van der Waals surface area contributed by atoms with Crippen LogP contribution in [0.5, 0.6) is 5.75 Å². The molecule has 7 nitrogen and oxygen atoms in total. The first kappa shape index (κ1) is 23.6. The van der Waals surface area contributed by atoms with E-state index in [1.165, 1.54) is 29.9 Å². The van der Waals surface area contributed by atoms with Gasteiger partial charge in [-0.3, -0.25) is 14.4 Å². The van der Waals surface area contributed by atoms with Gasteiger partial charge in [0, 0.05) is 19.2 Å². The van der Waals surface area contributed by atoms with Gasteiger partial charge in [0.05, 0.1) is 22.8 Å². The number of hydrogen-bond acceptors (Lipinski definition) is 5. The van der Waals surface area contributed by atoms with Gasteiger partial charge in [0.25, 0.3) is 5.91 Å². The average Bonchev–Trinajstić information content (AvgIpc) is 3.53. The van der Waals surface area contributed by atoms with E-state index < -0.39 is 17.7 Å². The third-order valence-electron chi connectivity index (χ3n) is 6.30. The molecule has 1 aromatic carbocycles. The fourth-order valence-electron chi connectivity index (χ4n) is 4.22. The summed E-state index contributed by atoms with van der Waals surface area (Å²) >= 11 is 1.64. The maximum absolute atomic E-state index is 14.5. The summed E-state index contributed by atoms with van der Waals surface area (Å²) in [4.78, 5) is 37.0. The Labute approximate surface area is 196 Å². The summed E-state index contributed by atoms with van der Waals surface area (Å²) in [6.07, 6.45) is 7.47. The number of thioether (sulfide) groups is 1. The number of allylic oxidation sites excluding steroid dienone is 2. The molecule has 0 bridgehead atoms. The normalized spacial score (nSPS) is 24.6. The van der Waals surface area contributed by atoms with Crippen LogP contribution in [-0.2, 0) is 9.59 Å². The highest BCUT2D eigenvalue weighted by Gasteiger charge is 2.33. The lowest BCUT2D eigenvalue weighted by Crippen LogP contribution is -2.38. The Kier molecular flexibility index (Phi) is 7.57. The second kappa shape index (κ2) is 10.6. The molecule has 1 aliphatic heterocycles. The molecule has 1 atom stereocenters. The van der Waals surface area contributed by atoms with Crippen molar-refractivity contribution < 1.29 is 28.6 Å². The van der Waals surface area contributed by atoms with Crippen LogP contribution in [0.2, 0.25) is 0 Å². The fourth-order valence-corrected chi connectivity index (χ4v) is 5.55. The number of halogens is 1. The predicted octanol–water partition coefficient (Wildman–Crippen LogP) is 3.49. The van der Waals surface area contributed by atoms with E-state index in [-0.39, 0.29) is 41.8 Å². The van der Waals surface area contributed by atoms with E-state index in [0.29, 0.717) is 37.4 Å². The smallest absolute Gasteiger partial charge is 0.306 e. The minimum atomic E-state index is -0.786. The van der Waals surface area contributed by atoms with E-state index in [0.717, 1.165) is 6.42 Å². The van der Waals surface area contributed by atoms with Crippen LogP contribution in [-0.4, -0.2) is 47.3 Å². The first-order chi connectivity index (χ1) is 15.9. The Bertz CT molecular complexity index is 941. The number of ether oxygens (including phenoxy) is 1. The quantitative estimate of drug-likeness (QED) is 0.471. The van der Waals surface area contributed by atoms with Crippen molar-refractivity contribution in [2.24, 2.45) is 11.8 Å². The van der Waals surface area contributed by atoms with Crippen molar-refractivity contribution in [1.29, 1.82) is 0 Å². The van der Waals surface area contributed by atoms with E-state index in [1.54, 1.807) is 17.8 Å². The lowest BCUT2D eigenvalue weighted by atomic mass is 9.87.